The number of nitrogens with zero attached hydrogens (tertiary/aromatic N) is 1. The van der Waals surface area contributed by atoms with Crippen LogP contribution in [0.1, 0.15) is 59.3 Å². The molecule has 1 saturated heterocycles. The monoisotopic (exact) mass is 252 g/mol. The van der Waals surface area contributed by atoms with Crippen LogP contribution in [0.25, 0.3) is 0 Å². The smallest absolute Gasteiger partial charge is 0.00966 e. The zero-order chi connectivity index (χ0) is 13.0. The van der Waals surface area contributed by atoms with Crippen molar-refractivity contribution >= 4 is 0 Å². The van der Waals surface area contributed by atoms with Gasteiger partial charge in [-0.25, -0.2) is 0 Å². The molecule has 1 aliphatic heterocycles. The molecule has 2 fully saturated rings. The highest BCUT2D eigenvalue weighted by Gasteiger charge is 2.24. The van der Waals surface area contributed by atoms with E-state index in [0.717, 1.165) is 11.8 Å². The minimum absolute atomic E-state index is 0.272. The fourth-order valence-electron chi connectivity index (χ4n) is 3.49. The van der Waals surface area contributed by atoms with Gasteiger partial charge in [-0.05, 0) is 71.4 Å². The van der Waals surface area contributed by atoms with Crippen LogP contribution in [0, 0.1) is 11.8 Å². The lowest BCUT2D eigenvalue weighted by atomic mass is 9.95. The third kappa shape index (κ3) is 4.89. The van der Waals surface area contributed by atoms with Crippen molar-refractivity contribution in [2.75, 3.05) is 26.2 Å². The van der Waals surface area contributed by atoms with Crippen LogP contribution in [0.4, 0.5) is 0 Å². The first kappa shape index (κ1) is 14.3. The highest BCUT2D eigenvalue weighted by molar-refractivity contribution is 4.80. The third-order valence-corrected chi connectivity index (χ3v) is 4.52. The second-order valence-electron chi connectivity index (χ2n) is 7.55. The lowest BCUT2D eigenvalue weighted by molar-refractivity contribution is 0.146. The highest BCUT2D eigenvalue weighted by Crippen LogP contribution is 2.27. The van der Waals surface area contributed by atoms with Gasteiger partial charge in [-0.1, -0.05) is 12.8 Å². The molecule has 0 aromatic heterocycles. The molecule has 106 valence electrons. The van der Waals surface area contributed by atoms with Gasteiger partial charge in [0.1, 0.15) is 0 Å². The summed E-state index contributed by atoms with van der Waals surface area (Å²) in [5.74, 6) is 1.89. The summed E-state index contributed by atoms with van der Waals surface area (Å²) in [7, 11) is 0. The van der Waals surface area contributed by atoms with Crippen LogP contribution in [0.5, 0.6) is 0 Å². The van der Waals surface area contributed by atoms with Gasteiger partial charge < -0.3 is 10.2 Å². The van der Waals surface area contributed by atoms with Crippen LogP contribution in [-0.2, 0) is 0 Å². The van der Waals surface area contributed by atoms with Gasteiger partial charge in [0, 0.05) is 18.6 Å². The van der Waals surface area contributed by atoms with E-state index in [0.29, 0.717) is 0 Å². The Bertz CT molecular complexity index is 238. The van der Waals surface area contributed by atoms with E-state index in [2.05, 4.69) is 31.0 Å². The first-order chi connectivity index (χ1) is 8.53. The summed E-state index contributed by atoms with van der Waals surface area (Å²) in [4.78, 5) is 2.74. The van der Waals surface area contributed by atoms with Gasteiger partial charge in [0.25, 0.3) is 0 Å². The summed E-state index contributed by atoms with van der Waals surface area (Å²) in [5, 5.41) is 3.68. The SMILES string of the molecule is CC(C)(C)NCC1CCCN(CC2CCCC2)C1. The van der Waals surface area contributed by atoms with Crippen molar-refractivity contribution in [1.82, 2.24) is 10.2 Å². The van der Waals surface area contributed by atoms with E-state index in [1.165, 1.54) is 64.7 Å². The van der Waals surface area contributed by atoms with E-state index in [1.807, 2.05) is 0 Å². The molecule has 1 saturated carbocycles. The maximum absolute atomic E-state index is 3.68. The summed E-state index contributed by atoms with van der Waals surface area (Å²) >= 11 is 0. The van der Waals surface area contributed by atoms with Gasteiger partial charge in [0.15, 0.2) is 0 Å². The Kier molecular flexibility index (Phi) is 5.08. The van der Waals surface area contributed by atoms with Gasteiger partial charge in [-0.15, -0.1) is 0 Å². The van der Waals surface area contributed by atoms with Crippen LogP contribution >= 0.6 is 0 Å². The molecule has 2 heteroatoms. The van der Waals surface area contributed by atoms with Gasteiger partial charge in [-0.2, -0.15) is 0 Å². The highest BCUT2D eigenvalue weighted by atomic mass is 15.1. The van der Waals surface area contributed by atoms with Crippen LogP contribution < -0.4 is 5.32 Å². The Balaban J connectivity index is 1.70. The Morgan fingerprint density at radius 3 is 2.33 bits per heavy atom. The van der Waals surface area contributed by atoms with Crippen molar-refractivity contribution in [3.8, 4) is 0 Å². The fourth-order valence-corrected chi connectivity index (χ4v) is 3.49. The van der Waals surface area contributed by atoms with E-state index in [1.54, 1.807) is 0 Å². The summed E-state index contributed by atoms with van der Waals surface area (Å²) in [6.07, 6.45) is 8.76. The number of nitrogens with one attached hydrogen (secondary N) is 1. The number of hydrogen-bond donors (Lipinski definition) is 1. The standard InChI is InChI=1S/C16H32N2/c1-16(2,3)17-11-15-9-6-10-18(13-15)12-14-7-4-5-8-14/h14-15,17H,4-13H2,1-3H3. The van der Waals surface area contributed by atoms with Gasteiger partial charge in [0.2, 0.25) is 0 Å². The maximum atomic E-state index is 3.68. The van der Waals surface area contributed by atoms with Crippen LogP contribution in [0.15, 0.2) is 0 Å². The molecule has 1 heterocycles. The Labute approximate surface area is 114 Å². The summed E-state index contributed by atoms with van der Waals surface area (Å²) < 4.78 is 0. The molecule has 2 aliphatic rings. The molecule has 1 aliphatic carbocycles. The first-order valence-electron chi connectivity index (χ1n) is 8.00. The predicted molar refractivity (Wildman–Crippen MR) is 78.9 cm³/mol. The minimum Gasteiger partial charge on any atom is -0.312 e. The molecule has 18 heavy (non-hydrogen) atoms. The number of likely N-dealkylation sites (tertiary alicyclic amines) is 1. The van der Waals surface area contributed by atoms with Crippen LogP contribution in [0.3, 0.4) is 0 Å². The van der Waals surface area contributed by atoms with Gasteiger partial charge in [-0.3, -0.25) is 0 Å². The zero-order valence-electron chi connectivity index (χ0n) is 12.7. The summed E-state index contributed by atoms with van der Waals surface area (Å²) in [6.45, 7) is 12.1. The van der Waals surface area contributed by atoms with Crippen molar-refractivity contribution in [3.05, 3.63) is 0 Å². The number of rotatable bonds is 4. The molecular formula is C16H32N2. The molecule has 1 unspecified atom stereocenters. The molecule has 1 N–H and O–H groups in total. The van der Waals surface area contributed by atoms with E-state index < -0.39 is 0 Å². The molecular weight excluding hydrogens is 220 g/mol. The molecule has 2 rings (SSSR count). The van der Waals surface area contributed by atoms with Crippen LogP contribution in [-0.4, -0.2) is 36.6 Å². The average molecular weight is 252 g/mol. The average Bonchev–Trinajstić information content (AvgIpc) is 2.79. The first-order valence-corrected chi connectivity index (χ1v) is 8.00. The van der Waals surface area contributed by atoms with E-state index in [9.17, 15) is 0 Å². The topological polar surface area (TPSA) is 15.3 Å². The largest absolute Gasteiger partial charge is 0.312 e. The quantitative estimate of drug-likeness (QED) is 0.826. The minimum atomic E-state index is 0.272. The molecule has 1 atom stereocenters. The summed E-state index contributed by atoms with van der Waals surface area (Å²) in [6, 6.07) is 0. The van der Waals surface area contributed by atoms with Crippen molar-refractivity contribution < 1.29 is 0 Å². The van der Waals surface area contributed by atoms with Crippen molar-refractivity contribution in [3.63, 3.8) is 0 Å². The van der Waals surface area contributed by atoms with E-state index >= 15 is 0 Å². The zero-order valence-corrected chi connectivity index (χ0v) is 12.7. The fraction of sp³-hybridized carbons (Fsp3) is 1.00. The normalized spacial score (nSPS) is 27.8. The third-order valence-electron chi connectivity index (χ3n) is 4.52. The van der Waals surface area contributed by atoms with Gasteiger partial charge >= 0.3 is 0 Å². The predicted octanol–water partition coefficient (Wildman–Crippen LogP) is 3.28. The Morgan fingerprint density at radius 2 is 1.67 bits per heavy atom. The lowest BCUT2D eigenvalue weighted by Crippen LogP contribution is -2.45. The second kappa shape index (κ2) is 6.38. The van der Waals surface area contributed by atoms with E-state index in [-0.39, 0.29) is 5.54 Å². The van der Waals surface area contributed by atoms with Crippen molar-refractivity contribution in [2.24, 2.45) is 11.8 Å². The molecule has 2 nitrogen and oxygen atoms in total. The summed E-state index contributed by atoms with van der Waals surface area (Å²) in [5.41, 5.74) is 0.272. The molecule has 0 aromatic rings. The van der Waals surface area contributed by atoms with Crippen molar-refractivity contribution in [1.29, 1.82) is 0 Å². The molecule has 0 radical (unpaired) electrons. The van der Waals surface area contributed by atoms with Crippen LogP contribution in [0.2, 0.25) is 0 Å². The lowest BCUT2D eigenvalue weighted by Gasteiger charge is -2.35. The Morgan fingerprint density at radius 1 is 1.00 bits per heavy atom. The molecule has 0 bridgehead atoms. The van der Waals surface area contributed by atoms with E-state index in [4.69, 9.17) is 0 Å². The number of hydrogen-bond acceptors (Lipinski definition) is 2. The van der Waals surface area contributed by atoms with Crippen molar-refractivity contribution in [2.45, 2.75) is 64.8 Å². The molecule has 0 aromatic carbocycles. The number of piperidine rings is 1. The molecule has 0 amide bonds. The molecule has 0 spiro atoms. The van der Waals surface area contributed by atoms with Gasteiger partial charge in [0.05, 0.1) is 0 Å². The maximum Gasteiger partial charge on any atom is 0.00966 e. The Hall–Kier alpha value is -0.0800. The second-order valence-corrected chi connectivity index (χ2v) is 7.55.